The van der Waals surface area contributed by atoms with Gasteiger partial charge in [-0.1, -0.05) is 24.6 Å². The molecule has 0 saturated heterocycles. The van der Waals surface area contributed by atoms with E-state index in [1.807, 2.05) is 0 Å². The Hall–Kier alpha value is -1.75. The normalized spacial score (nSPS) is 11.7. The highest BCUT2D eigenvalue weighted by atomic mass is 35.5. The first-order chi connectivity index (χ1) is 8.49. The lowest BCUT2D eigenvalue weighted by Crippen LogP contribution is -2.35. The van der Waals surface area contributed by atoms with Gasteiger partial charge in [0.15, 0.2) is 0 Å². The topological polar surface area (TPSA) is 75.6 Å². The van der Waals surface area contributed by atoms with E-state index in [1.54, 1.807) is 31.2 Å². The summed E-state index contributed by atoms with van der Waals surface area (Å²) in [6, 6.07) is 6.83. The van der Waals surface area contributed by atoms with Gasteiger partial charge < -0.3 is 15.2 Å². The first-order valence-corrected chi connectivity index (χ1v) is 5.74. The summed E-state index contributed by atoms with van der Waals surface area (Å²) in [5, 5.41) is 11.3. The van der Waals surface area contributed by atoms with E-state index in [0.29, 0.717) is 10.8 Å². The zero-order valence-corrected chi connectivity index (χ0v) is 10.6. The van der Waals surface area contributed by atoms with Crippen molar-refractivity contribution < 1.29 is 19.4 Å². The maximum atomic E-state index is 11.5. The number of aliphatic carboxylic acids is 1. The number of hydrogen-bond donors (Lipinski definition) is 2. The Labute approximate surface area is 110 Å². The van der Waals surface area contributed by atoms with Crippen molar-refractivity contribution >= 4 is 23.5 Å². The van der Waals surface area contributed by atoms with E-state index in [-0.39, 0.29) is 19.1 Å². The second-order valence-corrected chi connectivity index (χ2v) is 4.22. The first kappa shape index (κ1) is 14.3. The third-order valence-corrected chi connectivity index (χ3v) is 2.39. The Bertz CT molecular complexity index is 436. The number of hydrogen-bond acceptors (Lipinski definition) is 3. The predicted molar refractivity (Wildman–Crippen MR) is 66.8 cm³/mol. The van der Waals surface area contributed by atoms with Crippen molar-refractivity contribution in [2.24, 2.45) is 5.92 Å². The maximum Gasteiger partial charge on any atom is 0.322 e. The van der Waals surface area contributed by atoms with E-state index in [1.165, 1.54) is 0 Å². The largest absolute Gasteiger partial charge is 0.493 e. The van der Waals surface area contributed by atoms with Gasteiger partial charge in [0.2, 0.25) is 5.91 Å². The second-order valence-electron chi connectivity index (χ2n) is 3.78. The lowest BCUT2D eigenvalue weighted by molar-refractivity contribution is -0.138. The van der Waals surface area contributed by atoms with E-state index in [0.717, 1.165) is 0 Å². The number of carboxylic acids is 1. The number of carboxylic acid groups (broad SMARTS) is 1. The third kappa shape index (κ3) is 5.05. The summed E-state index contributed by atoms with van der Waals surface area (Å²) in [7, 11) is 0. The van der Waals surface area contributed by atoms with Crippen LogP contribution in [-0.4, -0.2) is 30.1 Å². The summed E-state index contributed by atoms with van der Waals surface area (Å²) in [6.07, 6.45) is 0. The van der Waals surface area contributed by atoms with E-state index in [9.17, 15) is 9.59 Å². The zero-order chi connectivity index (χ0) is 13.5. The van der Waals surface area contributed by atoms with Crippen LogP contribution in [-0.2, 0) is 9.59 Å². The monoisotopic (exact) mass is 271 g/mol. The van der Waals surface area contributed by atoms with Crippen LogP contribution in [0.15, 0.2) is 24.3 Å². The van der Waals surface area contributed by atoms with Crippen LogP contribution < -0.4 is 10.1 Å². The van der Waals surface area contributed by atoms with Crippen LogP contribution in [0.5, 0.6) is 5.75 Å². The number of halogens is 1. The van der Waals surface area contributed by atoms with Crippen molar-refractivity contribution in [2.75, 3.05) is 13.2 Å². The van der Waals surface area contributed by atoms with Crippen LogP contribution in [0.4, 0.5) is 0 Å². The van der Waals surface area contributed by atoms with Crippen molar-refractivity contribution in [3.8, 4) is 5.75 Å². The molecule has 0 heterocycles. The molecular weight excluding hydrogens is 258 g/mol. The van der Waals surface area contributed by atoms with Crippen LogP contribution >= 0.6 is 11.6 Å². The SMILES string of the molecule is CC(COc1cccc(Cl)c1)C(=O)NCC(=O)O. The molecule has 18 heavy (non-hydrogen) atoms. The molecule has 1 aromatic rings. The average Bonchev–Trinajstić information content (AvgIpc) is 2.33. The van der Waals surface area contributed by atoms with Gasteiger partial charge in [0.25, 0.3) is 0 Å². The molecule has 1 atom stereocenters. The summed E-state index contributed by atoms with van der Waals surface area (Å²) >= 11 is 5.78. The van der Waals surface area contributed by atoms with Gasteiger partial charge in [-0.05, 0) is 18.2 Å². The standard InChI is InChI=1S/C12H14ClNO4/c1-8(12(17)14-6-11(15)16)7-18-10-4-2-3-9(13)5-10/h2-5,8H,6-7H2,1H3,(H,14,17)(H,15,16). The van der Waals surface area contributed by atoms with E-state index in [4.69, 9.17) is 21.4 Å². The Morgan fingerprint density at radius 1 is 1.50 bits per heavy atom. The molecule has 1 unspecified atom stereocenters. The molecule has 5 nitrogen and oxygen atoms in total. The van der Waals surface area contributed by atoms with Gasteiger partial charge in [0.05, 0.1) is 12.5 Å². The summed E-state index contributed by atoms with van der Waals surface area (Å²) in [4.78, 5) is 21.7. The van der Waals surface area contributed by atoms with Crippen molar-refractivity contribution in [1.82, 2.24) is 5.32 Å². The molecule has 6 heteroatoms. The molecule has 2 N–H and O–H groups in total. The number of carbonyl (C=O) groups is 2. The molecule has 98 valence electrons. The van der Waals surface area contributed by atoms with Gasteiger partial charge in [0, 0.05) is 5.02 Å². The van der Waals surface area contributed by atoms with Crippen molar-refractivity contribution in [3.05, 3.63) is 29.3 Å². The minimum atomic E-state index is -1.08. The number of amides is 1. The molecule has 0 aromatic heterocycles. The molecule has 0 radical (unpaired) electrons. The first-order valence-electron chi connectivity index (χ1n) is 5.37. The van der Waals surface area contributed by atoms with Crippen molar-refractivity contribution in [1.29, 1.82) is 0 Å². The predicted octanol–water partition coefficient (Wildman–Crippen LogP) is 1.56. The highest BCUT2D eigenvalue weighted by Gasteiger charge is 2.14. The van der Waals surface area contributed by atoms with Crippen molar-refractivity contribution in [2.45, 2.75) is 6.92 Å². The zero-order valence-electron chi connectivity index (χ0n) is 9.85. The molecule has 0 fully saturated rings. The van der Waals surface area contributed by atoms with Gasteiger partial charge in [-0.15, -0.1) is 0 Å². The van der Waals surface area contributed by atoms with Gasteiger partial charge in [-0.25, -0.2) is 0 Å². The van der Waals surface area contributed by atoms with Crippen LogP contribution in [0.3, 0.4) is 0 Å². The summed E-state index contributed by atoms with van der Waals surface area (Å²) < 4.78 is 5.38. The van der Waals surface area contributed by atoms with E-state index < -0.39 is 11.9 Å². The summed E-state index contributed by atoms with van der Waals surface area (Å²) in [5.41, 5.74) is 0. The Morgan fingerprint density at radius 3 is 2.83 bits per heavy atom. The summed E-state index contributed by atoms with van der Waals surface area (Å²) in [5.74, 6) is -1.31. The van der Waals surface area contributed by atoms with Crippen LogP contribution in [0.2, 0.25) is 5.02 Å². The molecule has 1 amide bonds. The Kier molecular flexibility index (Phi) is 5.45. The van der Waals surface area contributed by atoms with Gasteiger partial charge >= 0.3 is 5.97 Å². The fourth-order valence-corrected chi connectivity index (χ4v) is 1.37. The number of nitrogens with one attached hydrogen (secondary N) is 1. The smallest absolute Gasteiger partial charge is 0.322 e. The molecule has 0 aliphatic heterocycles. The molecule has 0 saturated carbocycles. The quantitative estimate of drug-likeness (QED) is 0.823. The lowest BCUT2D eigenvalue weighted by Gasteiger charge is -2.12. The van der Waals surface area contributed by atoms with Crippen LogP contribution in [0.1, 0.15) is 6.92 Å². The molecule has 1 aromatic carbocycles. The maximum absolute atomic E-state index is 11.5. The fraction of sp³-hybridized carbons (Fsp3) is 0.333. The number of ether oxygens (including phenoxy) is 1. The van der Waals surface area contributed by atoms with Crippen LogP contribution in [0.25, 0.3) is 0 Å². The molecule has 0 aliphatic rings. The van der Waals surface area contributed by atoms with Gasteiger partial charge in [0.1, 0.15) is 12.3 Å². The van der Waals surface area contributed by atoms with Gasteiger partial charge in [-0.3, -0.25) is 9.59 Å². The van der Waals surface area contributed by atoms with E-state index >= 15 is 0 Å². The fourth-order valence-electron chi connectivity index (χ4n) is 1.19. The minimum Gasteiger partial charge on any atom is -0.493 e. The molecule has 1 rings (SSSR count). The lowest BCUT2D eigenvalue weighted by atomic mass is 10.2. The average molecular weight is 272 g/mol. The van der Waals surface area contributed by atoms with Gasteiger partial charge in [-0.2, -0.15) is 0 Å². The molecule has 0 bridgehead atoms. The molecule has 0 aliphatic carbocycles. The highest BCUT2D eigenvalue weighted by Crippen LogP contribution is 2.17. The molecule has 0 spiro atoms. The Balaban J connectivity index is 2.38. The second kappa shape index (κ2) is 6.86. The third-order valence-electron chi connectivity index (χ3n) is 2.16. The highest BCUT2D eigenvalue weighted by molar-refractivity contribution is 6.30. The van der Waals surface area contributed by atoms with E-state index in [2.05, 4.69) is 5.32 Å². The Morgan fingerprint density at radius 2 is 2.22 bits per heavy atom. The number of rotatable bonds is 6. The minimum absolute atomic E-state index is 0.159. The molecular formula is C12H14ClNO4. The number of benzene rings is 1. The number of carbonyl (C=O) groups excluding carboxylic acids is 1. The summed E-state index contributed by atoms with van der Waals surface area (Å²) in [6.45, 7) is 1.42. The van der Waals surface area contributed by atoms with Crippen molar-refractivity contribution in [3.63, 3.8) is 0 Å². The van der Waals surface area contributed by atoms with Crippen LogP contribution in [0, 0.1) is 5.92 Å².